The SMILES string of the molecule is CC(=O)N(C)Cc1ccc(F)c2ccccc12. The summed E-state index contributed by atoms with van der Waals surface area (Å²) in [6.45, 7) is 2.02. The quantitative estimate of drug-likeness (QED) is 0.778. The van der Waals surface area contributed by atoms with Gasteiger partial charge in [-0.1, -0.05) is 30.3 Å². The summed E-state index contributed by atoms with van der Waals surface area (Å²) >= 11 is 0. The van der Waals surface area contributed by atoms with Crippen molar-refractivity contribution >= 4 is 16.7 Å². The van der Waals surface area contributed by atoms with Crippen LogP contribution in [-0.2, 0) is 11.3 Å². The summed E-state index contributed by atoms with van der Waals surface area (Å²) in [7, 11) is 1.74. The highest BCUT2D eigenvalue weighted by molar-refractivity contribution is 5.86. The molecule has 88 valence electrons. The van der Waals surface area contributed by atoms with E-state index in [2.05, 4.69) is 0 Å². The molecule has 0 heterocycles. The normalized spacial score (nSPS) is 10.5. The van der Waals surface area contributed by atoms with E-state index in [9.17, 15) is 9.18 Å². The van der Waals surface area contributed by atoms with Gasteiger partial charge in [0.15, 0.2) is 0 Å². The molecule has 0 aliphatic rings. The van der Waals surface area contributed by atoms with E-state index in [1.807, 2.05) is 18.2 Å². The molecule has 0 aromatic heterocycles. The molecule has 0 aliphatic heterocycles. The average molecular weight is 231 g/mol. The summed E-state index contributed by atoms with van der Waals surface area (Å²) < 4.78 is 13.6. The first kappa shape index (κ1) is 11.6. The zero-order chi connectivity index (χ0) is 12.4. The third-order valence-corrected chi connectivity index (χ3v) is 2.91. The number of amides is 1. The number of nitrogens with zero attached hydrogens (tertiary/aromatic N) is 1. The third kappa shape index (κ3) is 2.28. The van der Waals surface area contributed by atoms with Crippen molar-refractivity contribution < 1.29 is 9.18 Å². The minimum atomic E-state index is -0.227. The molecule has 0 aliphatic carbocycles. The van der Waals surface area contributed by atoms with E-state index in [-0.39, 0.29) is 11.7 Å². The molecule has 0 bridgehead atoms. The average Bonchev–Trinajstić information content (AvgIpc) is 2.33. The van der Waals surface area contributed by atoms with E-state index in [1.54, 1.807) is 24.1 Å². The molecule has 2 rings (SSSR count). The Morgan fingerprint density at radius 2 is 1.82 bits per heavy atom. The molecule has 0 saturated heterocycles. The number of hydrogen-bond donors (Lipinski definition) is 0. The van der Waals surface area contributed by atoms with Gasteiger partial charge in [-0.3, -0.25) is 4.79 Å². The fraction of sp³-hybridized carbons (Fsp3) is 0.214. The van der Waals surface area contributed by atoms with E-state index >= 15 is 0 Å². The zero-order valence-electron chi connectivity index (χ0n) is 9.90. The number of fused-ring (bicyclic) bond motifs is 1. The Morgan fingerprint density at radius 1 is 1.18 bits per heavy atom. The molecular formula is C14H14FNO. The lowest BCUT2D eigenvalue weighted by Crippen LogP contribution is -2.23. The minimum Gasteiger partial charge on any atom is -0.342 e. The summed E-state index contributed by atoms with van der Waals surface area (Å²) in [6, 6.07) is 10.5. The van der Waals surface area contributed by atoms with Crippen molar-refractivity contribution in [3.8, 4) is 0 Å². The Morgan fingerprint density at radius 3 is 2.47 bits per heavy atom. The van der Waals surface area contributed by atoms with E-state index in [1.165, 1.54) is 13.0 Å². The Balaban J connectivity index is 2.48. The van der Waals surface area contributed by atoms with Gasteiger partial charge >= 0.3 is 0 Å². The van der Waals surface area contributed by atoms with Crippen molar-refractivity contribution in [2.75, 3.05) is 7.05 Å². The molecule has 0 fully saturated rings. The Bertz CT molecular complexity index is 565. The van der Waals surface area contributed by atoms with Crippen LogP contribution in [-0.4, -0.2) is 17.9 Å². The van der Waals surface area contributed by atoms with Crippen molar-refractivity contribution in [3.63, 3.8) is 0 Å². The number of halogens is 1. The van der Waals surface area contributed by atoms with E-state index in [0.717, 1.165) is 10.9 Å². The summed E-state index contributed by atoms with van der Waals surface area (Å²) in [4.78, 5) is 12.8. The van der Waals surface area contributed by atoms with E-state index in [4.69, 9.17) is 0 Å². The Hall–Kier alpha value is -1.90. The van der Waals surface area contributed by atoms with E-state index in [0.29, 0.717) is 11.9 Å². The third-order valence-electron chi connectivity index (χ3n) is 2.91. The maximum Gasteiger partial charge on any atom is 0.219 e. The second-order valence-corrected chi connectivity index (χ2v) is 4.13. The highest BCUT2D eigenvalue weighted by Gasteiger charge is 2.08. The fourth-order valence-electron chi connectivity index (χ4n) is 1.83. The predicted molar refractivity (Wildman–Crippen MR) is 66.1 cm³/mol. The largest absolute Gasteiger partial charge is 0.342 e. The van der Waals surface area contributed by atoms with Crippen molar-refractivity contribution in [2.45, 2.75) is 13.5 Å². The van der Waals surface area contributed by atoms with Crippen LogP contribution < -0.4 is 0 Å². The van der Waals surface area contributed by atoms with Crippen LogP contribution in [0.5, 0.6) is 0 Å². The molecule has 0 spiro atoms. The smallest absolute Gasteiger partial charge is 0.219 e. The summed E-state index contributed by atoms with van der Waals surface area (Å²) in [5.41, 5.74) is 0.958. The molecular weight excluding hydrogens is 217 g/mol. The lowest BCUT2D eigenvalue weighted by Gasteiger charge is -2.16. The van der Waals surface area contributed by atoms with Gasteiger partial charge in [0.25, 0.3) is 0 Å². The van der Waals surface area contributed by atoms with Crippen LogP contribution in [0.15, 0.2) is 36.4 Å². The van der Waals surface area contributed by atoms with Gasteiger partial charge < -0.3 is 4.90 Å². The standard InChI is InChI=1S/C14H14FNO/c1-10(17)16(2)9-11-7-8-14(15)13-6-4-3-5-12(11)13/h3-8H,9H2,1-2H3. The molecule has 2 aromatic rings. The first-order valence-electron chi connectivity index (χ1n) is 5.47. The molecule has 2 aromatic carbocycles. The second kappa shape index (κ2) is 4.53. The molecule has 0 radical (unpaired) electrons. The summed E-state index contributed by atoms with van der Waals surface area (Å²) in [5.74, 6) is -0.228. The second-order valence-electron chi connectivity index (χ2n) is 4.13. The monoisotopic (exact) mass is 231 g/mol. The predicted octanol–water partition coefficient (Wildman–Crippen LogP) is 2.96. The van der Waals surface area contributed by atoms with Crippen molar-refractivity contribution in [1.82, 2.24) is 4.90 Å². The fourth-order valence-corrected chi connectivity index (χ4v) is 1.83. The summed E-state index contributed by atoms with van der Waals surface area (Å²) in [6.07, 6.45) is 0. The van der Waals surface area contributed by atoms with Gasteiger partial charge in [0.1, 0.15) is 5.82 Å². The number of benzene rings is 2. The lowest BCUT2D eigenvalue weighted by atomic mass is 10.0. The van der Waals surface area contributed by atoms with Crippen molar-refractivity contribution in [2.24, 2.45) is 0 Å². The Kier molecular flexibility index (Phi) is 3.09. The van der Waals surface area contributed by atoms with Crippen LogP contribution >= 0.6 is 0 Å². The minimum absolute atomic E-state index is 0.00148. The van der Waals surface area contributed by atoms with Crippen LogP contribution in [0.1, 0.15) is 12.5 Å². The number of carbonyl (C=O) groups is 1. The van der Waals surface area contributed by atoms with Crippen molar-refractivity contribution in [1.29, 1.82) is 0 Å². The molecule has 0 atom stereocenters. The van der Waals surface area contributed by atoms with Crippen LogP contribution in [0.3, 0.4) is 0 Å². The number of rotatable bonds is 2. The maximum atomic E-state index is 13.6. The molecule has 1 amide bonds. The number of carbonyl (C=O) groups excluding carboxylic acids is 1. The van der Waals surface area contributed by atoms with Gasteiger partial charge in [-0.15, -0.1) is 0 Å². The zero-order valence-corrected chi connectivity index (χ0v) is 9.90. The van der Waals surface area contributed by atoms with Gasteiger partial charge in [-0.25, -0.2) is 4.39 Å². The Labute approximate surface area is 99.7 Å². The maximum absolute atomic E-state index is 13.6. The summed E-state index contributed by atoms with van der Waals surface area (Å²) in [5, 5.41) is 1.46. The molecule has 0 unspecified atom stereocenters. The van der Waals surface area contributed by atoms with Gasteiger partial charge in [-0.05, 0) is 17.0 Å². The van der Waals surface area contributed by atoms with Gasteiger partial charge in [0.2, 0.25) is 5.91 Å². The van der Waals surface area contributed by atoms with Crippen LogP contribution in [0, 0.1) is 5.82 Å². The molecule has 3 heteroatoms. The highest BCUT2D eigenvalue weighted by Crippen LogP contribution is 2.22. The number of hydrogen-bond acceptors (Lipinski definition) is 1. The van der Waals surface area contributed by atoms with Crippen LogP contribution in [0.2, 0.25) is 0 Å². The highest BCUT2D eigenvalue weighted by atomic mass is 19.1. The van der Waals surface area contributed by atoms with Crippen molar-refractivity contribution in [3.05, 3.63) is 47.8 Å². The van der Waals surface area contributed by atoms with Gasteiger partial charge in [0.05, 0.1) is 0 Å². The van der Waals surface area contributed by atoms with Gasteiger partial charge in [-0.2, -0.15) is 0 Å². The molecule has 2 nitrogen and oxygen atoms in total. The van der Waals surface area contributed by atoms with Crippen LogP contribution in [0.4, 0.5) is 4.39 Å². The van der Waals surface area contributed by atoms with Crippen LogP contribution in [0.25, 0.3) is 10.8 Å². The van der Waals surface area contributed by atoms with Gasteiger partial charge in [0, 0.05) is 25.9 Å². The topological polar surface area (TPSA) is 20.3 Å². The first-order valence-corrected chi connectivity index (χ1v) is 5.47. The molecule has 17 heavy (non-hydrogen) atoms. The molecule has 0 N–H and O–H groups in total. The molecule has 0 saturated carbocycles. The van der Waals surface area contributed by atoms with E-state index < -0.39 is 0 Å². The first-order chi connectivity index (χ1) is 8.09. The lowest BCUT2D eigenvalue weighted by molar-refractivity contribution is -0.128.